The van der Waals surface area contributed by atoms with E-state index in [1.165, 1.54) is 17.0 Å². The molecule has 0 radical (unpaired) electrons. The van der Waals surface area contributed by atoms with Crippen LogP contribution in [0.5, 0.6) is 0 Å². The fraction of sp³-hybridized carbons (Fsp3) is 0.364. The Labute approximate surface area is 115 Å². The van der Waals surface area contributed by atoms with Gasteiger partial charge in [-0.15, -0.1) is 0 Å². The third-order valence-electron chi connectivity index (χ3n) is 2.66. The van der Waals surface area contributed by atoms with Gasteiger partial charge >= 0.3 is 0 Å². The Morgan fingerprint density at radius 1 is 1.47 bits per heavy atom. The van der Waals surface area contributed by atoms with Crippen LogP contribution in [0.15, 0.2) is 18.2 Å². The minimum Gasteiger partial charge on any atom is -0.310 e. The molecule has 0 N–H and O–H groups in total. The van der Waals surface area contributed by atoms with Crippen molar-refractivity contribution in [3.05, 3.63) is 29.0 Å². The minimum atomic E-state index is -3.70. The molecule has 1 aromatic carbocycles. The summed E-state index contributed by atoms with van der Waals surface area (Å²) in [6.07, 6.45) is 0.0647. The van der Waals surface area contributed by atoms with Gasteiger partial charge in [0.25, 0.3) is 16.0 Å². The Hall–Kier alpha value is -1.18. The molecule has 0 unspecified atom stereocenters. The van der Waals surface area contributed by atoms with Gasteiger partial charge in [0, 0.05) is 18.7 Å². The normalized spacial score (nSPS) is 20.1. The molecule has 0 spiro atoms. The Bertz CT molecular complexity index is 619. The predicted octanol–water partition coefficient (Wildman–Crippen LogP) is 1.56. The zero-order valence-electron chi connectivity index (χ0n) is 9.97. The average molecular weight is 308 g/mol. The van der Waals surface area contributed by atoms with Gasteiger partial charge in [-0.1, -0.05) is 11.6 Å². The van der Waals surface area contributed by atoms with Crippen LogP contribution in [-0.2, 0) is 19.1 Å². The number of carbonyl (C=O) groups excluding carboxylic acids is 1. The van der Waals surface area contributed by atoms with E-state index in [2.05, 4.69) is 4.18 Å². The number of amides is 1. The first kappa shape index (κ1) is 14.2. The molecule has 1 aliphatic heterocycles. The van der Waals surface area contributed by atoms with Crippen LogP contribution in [0, 0.1) is 5.82 Å². The molecule has 104 valence electrons. The van der Waals surface area contributed by atoms with E-state index in [-0.39, 0.29) is 18.0 Å². The number of hydrogen-bond acceptors (Lipinski definition) is 4. The molecule has 1 aliphatic rings. The molecule has 19 heavy (non-hydrogen) atoms. The summed E-state index contributed by atoms with van der Waals surface area (Å²) >= 11 is 5.56. The highest BCUT2D eigenvalue weighted by atomic mass is 35.5. The van der Waals surface area contributed by atoms with Gasteiger partial charge in [0.15, 0.2) is 6.10 Å². The minimum absolute atomic E-state index is 0.0423. The molecule has 1 aromatic rings. The Balaban J connectivity index is 2.20. The van der Waals surface area contributed by atoms with Gasteiger partial charge in [0.2, 0.25) is 0 Å². The lowest BCUT2D eigenvalue weighted by Gasteiger charge is -2.16. The van der Waals surface area contributed by atoms with Crippen molar-refractivity contribution in [1.82, 2.24) is 0 Å². The molecular weight excluding hydrogens is 297 g/mol. The third kappa shape index (κ3) is 3.23. The molecule has 1 amide bonds. The van der Waals surface area contributed by atoms with E-state index in [4.69, 9.17) is 11.6 Å². The molecule has 0 aromatic heterocycles. The monoisotopic (exact) mass is 307 g/mol. The van der Waals surface area contributed by atoms with Crippen molar-refractivity contribution < 1.29 is 21.8 Å². The number of rotatable bonds is 3. The zero-order chi connectivity index (χ0) is 14.2. The molecule has 8 heteroatoms. The highest BCUT2D eigenvalue weighted by molar-refractivity contribution is 7.86. The van der Waals surface area contributed by atoms with Crippen LogP contribution in [0.25, 0.3) is 0 Å². The zero-order valence-corrected chi connectivity index (χ0v) is 11.5. The first-order valence-electron chi connectivity index (χ1n) is 5.42. The maximum atomic E-state index is 13.3. The summed E-state index contributed by atoms with van der Waals surface area (Å²) in [4.78, 5) is 13.2. The highest BCUT2D eigenvalue weighted by Crippen LogP contribution is 2.27. The van der Waals surface area contributed by atoms with E-state index >= 15 is 0 Å². The molecular formula is C11H11ClFNO4S. The van der Waals surface area contributed by atoms with E-state index in [9.17, 15) is 17.6 Å². The van der Waals surface area contributed by atoms with Gasteiger partial charge in [0.1, 0.15) is 5.82 Å². The molecule has 0 bridgehead atoms. The highest BCUT2D eigenvalue weighted by Gasteiger charge is 2.35. The van der Waals surface area contributed by atoms with Crippen molar-refractivity contribution in [1.29, 1.82) is 0 Å². The number of anilines is 1. The number of carbonyl (C=O) groups is 1. The number of nitrogens with zero attached hydrogens (tertiary/aromatic N) is 1. The van der Waals surface area contributed by atoms with E-state index in [0.717, 1.165) is 12.3 Å². The smallest absolute Gasteiger partial charge is 0.265 e. The molecule has 1 heterocycles. The van der Waals surface area contributed by atoms with Crippen molar-refractivity contribution in [2.75, 3.05) is 17.7 Å². The van der Waals surface area contributed by atoms with E-state index in [1.807, 2.05) is 0 Å². The molecule has 1 fully saturated rings. The van der Waals surface area contributed by atoms with Crippen LogP contribution in [0.4, 0.5) is 10.1 Å². The van der Waals surface area contributed by atoms with Crippen LogP contribution >= 0.6 is 11.6 Å². The van der Waals surface area contributed by atoms with Crippen molar-refractivity contribution in [2.45, 2.75) is 12.5 Å². The largest absolute Gasteiger partial charge is 0.310 e. The fourth-order valence-corrected chi connectivity index (χ4v) is 2.58. The summed E-state index contributed by atoms with van der Waals surface area (Å²) < 4.78 is 40.0. The van der Waals surface area contributed by atoms with Gasteiger partial charge < -0.3 is 4.90 Å². The number of halogens is 2. The molecule has 1 saturated heterocycles. The van der Waals surface area contributed by atoms with Crippen LogP contribution in [0.1, 0.15) is 6.42 Å². The first-order chi connectivity index (χ1) is 8.78. The molecule has 2 rings (SSSR count). The van der Waals surface area contributed by atoms with Crippen molar-refractivity contribution >= 4 is 33.3 Å². The second-order valence-corrected chi connectivity index (χ2v) is 6.17. The summed E-state index contributed by atoms with van der Waals surface area (Å²) in [6.45, 7) is 0.264. The average Bonchev–Trinajstić information content (AvgIpc) is 2.63. The van der Waals surface area contributed by atoms with E-state index in [1.54, 1.807) is 0 Å². The van der Waals surface area contributed by atoms with E-state index < -0.39 is 27.9 Å². The van der Waals surface area contributed by atoms with Crippen LogP contribution in [0.2, 0.25) is 5.02 Å². The first-order valence-corrected chi connectivity index (χ1v) is 7.62. The van der Waals surface area contributed by atoms with Gasteiger partial charge in [0.05, 0.1) is 11.3 Å². The Morgan fingerprint density at radius 3 is 2.74 bits per heavy atom. The lowest BCUT2D eigenvalue weighted by Crippen LogP contribution is -2.31. The summed E-state index contributed by atoms with van der Waals surface area (Å²) in [6, 6.07) is 3.96. The third-order valence-corrected chi connectivity index (χ3v) is 3.55. The Kier molecular flexibility index (Phi) is 3.80. The lowest BCUT2D eigenvalue weighted by molar-refractivity contribution is -0.122. The molecule has 1 atom stereocenters. The quantitative estimate of drug-likeness (QED) is 0.795. The maximum Gasteiger partial charge on any atom is 0.265 e. The van der Waals surface area contributed by atoms with Crippen molar-refractivity contribution in [3.8, 4) is 0 Å². The predicted molar refractivity (Wildman–Crippen MR) is 68.1 cm³/mol. The summed E-state index contributed by atoms with van der Waals surface area (Å²) in [7, 11) is -3.70. The standard InChI is InChI=1S/C11H11ClFNO4S/c1-19(16,17)18-10-4-5-14(11(10)15)7-2-3-8(12)9(13)6-7/h2-3,6,10H,4-5H2,1H3/t10-/m0/s1. The Morgan fingerprint density at radius 2 is 2.16 bits per heavy atom. The second-order valence-electron chi connectivity index (χ2n) is 4.17. The molecule has 0 saturated carbocycles. The van der Waals surface area contributed by atoms with Gasteiger partial charge in [-0.2, -0.15) is 8.42 Å². The molecule has 5 nitrogen and oxygen atoms in total. The topological polar surface area (TPSA) is 63.7 Å². The SMILES string of the molecule is CS(=O)(=O)O[C@H]1CCN(c2ccc(Cl)c(F)c2)C1=O. The van der Waals surface area contributed by atoms with Gasteiger partial charge in [-0.3, -0.25) is 8.98 Å². The summed E-state index contributed by atoms with van der Waals surface area (Å²) in [5.41, 5.74) is 0.325. The second kappa shape index (κ2) is 5.07. The van der Waals surface area contributed by atoms with Crippen LogP contribution in [-0.4, -0.2) is 33.2 Å². The van der Waals surface area contributed by atoms with Crippen LogP contribution < -0.4 is 4.90 Å². The van der Waals surface area contributed by atoms with Gasteiger partial charge in [-0.25, -0.2) is 4.39 Å². The number of hydrogen-bond donors (Lipinski definition) is 0. The summed E-state index contributed by atoms with van der Waals surface area (Å²) in [5.74, 6) is -1.15. The summed E-state index contributed by atoms with van der Waals surface area (Å²) in [5, 5.41) is -0.0423. The van der Waals surface area contributed by atoms with Crippen molar-refractivity contribution in [2.24, 2.45) is 0 Å². The van der Waals surface area contributed by atoms with Gasteiger partial charge in [-0.05, 0) is 18.2 Å². The fourth-order valence-electron chi connectivity index (χ4n) is 1.86. The molecule has 0 aliphatic carbocycles. The van der Waals surface area contributed by atoms with E-state index in [0.29, 0.717) is 5.69 Å². The van der Waals surface area contributed by atoms with Crippen molar-refractivity contribution in [3.63, 3.8) is 0 Å². The number of benzene rings is 1. The lowest BCUT2D eigenvalue weighted by atomic mass is 10.3. The van der Waals surface area contributed by atoms with Crippen LogP contribution in [0.3, 0.4) is 0 Å². The maximum absolute atomic E-state index is 13.3.